The van der Waals surface area contributed by atoms with E-state index in [0.29, 0.717) is 26.2 Å². The molecule has 1 aliphatic rings. The van der Waals surface area contributed by atoms with Gasteiger partial charge in [-0.1, -0.05) is 12.1 Å². The predicted molar refractivity (Wildman–Crippen MR) is 103 cm³/mol. The first kappa shape index (κ1) is 18.4. The van der Waals surface area contributed by atoms with Crippen LogP contribution in [0.3, 0.4) is 0 Å². The first-order valence-electron chi connectivity index (χ1n) is 8.52. The molecular formula is C19H23N3O3S. The summed E-state index contributed by atoms with van der Waals surface area (Å²) in [7, 11) is 1.64. The minimum atomic E-state index is -0.331. The number of benzene rings is 1. The molecule has 2 N–H and O–H groups in total. The van der Waals surface area contributed by atoms with Gasteiger partial charge < -0.3 is 15.4 Å². The first-order valence-corrected chi connectivity index (χ1v) is 9.34. The molecule has 2 heterocycles. The highest BCUT2D eigenvalue weighted by atomic mass is 32.1. The van der Waals surface area contributed by atoms with Crippen molar-refractivity contribution in [2.75, 3.05) is 39.8 Å². The van der Waals surface area contributed by atoms with E-state index in [9.17, 15) is 9.59 Å². The number of amides is 2. The zero-order valence-electron chi connectivity index (χ0n) is 15.0. The summed E-state index contributed by atoms with van der Waals surface area (Å²) in [5.74, 6) is 0.533. The predicted octanol–water partition coefficient (Wildman–Crippen LogP) is 1.98. The molecule has 7 heteroatoms. The van der Waals surface area contributed by atoms with E-state index in [0.717, 1.165) is 26.6 Å². The van der Waals surface area contributed by atoms with E-state index in [1.165, 1.54) is 11.3 Å². The number of ether oxygens (including phenoxy) is 1. The second-order valence-electron chi connectivity index (χ2n) is 6.34. The fraction of sp³-hybridized carbons (Fsp3) is 0.368. The number of primary amides is 1. The summed E-state index contributed by atoms with van der Waals surface area (Å²) in [6.07, 6.45) is 0. The Morgan fingerprint density at radius 1 is 1.15 bits per heavy atom. The normalized spacial score (nSPS) is 15.1. The molecule has 0 radical (unpaired) electrons. The van der Waals surface area contributed by atoms with Gasteiger partial charge in [-0.2, -0.15) is 0 Å². The van der Waals surface area contributed by atoms with Gasteiger partial charge in [0.15, 0.2) is 0 Å². The van der Waals surface area contributed by atoms with E-state index in [1.807, 2.05) is 47.1 Å². The second kappa shape index (κ2) is 7.88. The van der Waals surface area contributed by atoms with Gasteiger partial charge in [-0.3, -0.25) is 14.5 Å². The Morgan fingerprint density at radius 2 is 1.81 bits per heavy atom. The van der Waals surface area contributed by atoms with Crippen LogP contribution in [0, 0.1) is 6.92 Å². The molecule has 3 rings (SSSR count). The highest BCUT2D eigenvalue weighted by molar-refractivity contribution is 7.14. The van der Waals surface area contributed by atoms with Crippen molar-refractivity contribution >= 4 is 23.2 Å². The Bertz CT molecular complexity index is 793. The molecule has 1 saturated heterocycles. The van der Waals surface area contributed by atoms with E-state index in [1.54, 1.807) is 7.11 Å². The molecule has 0 unspecified atom stereocenters. The number of carbonyl (C=O) groups is 2. The van der Waals surface area contributed by atoms with Crippen LogP contribution in [0.2, 0.25) is 0 Å². The topological polar surface area (TPSA) is 75.9 Å². The zero-order valence-corrected chi connectivity index (χ0v) is 15.8. The molecule has 0 spiro atoms. The number of thiophene rings is 1. The van der Waals surface area contributed by atoms with Crippen molar-refractivity contribution in [3.8, 4) is 16.9 Å². The Labute approximate surface area is 157 Å². The lowest BCUT2D eigenvalue weighted by Gasteiger charge is -2.33. The zero-order chi connectivity index (χ0) is 18.7. The van der Waals surface area contributed by atoms with Gasteiger partial charge in [0.25, 0.3) is 5.91 Å². The monoisotopic (exact) mass is 373 g/mol. The van der Waals surface area contributed by atoms with Crippen LogP contribution in [-0.4, -0.2) is 61.4 Å². The molecule has 1 fully saturated rings. The van der Waals surface area contributed by atoms with Gasteiger partial charge >= 0.3 is 0 Å². The molecule has 1 aromatic carbocycles. The lowest BCUT2D eigenvalue weighted by Crippen LogP contribution is -2.50. The highest BCUT2D eigenvalue weighted by Crippen LogP contribution is 2.32. The summed E-state index contributed by atoms with van der Waals surface area (Å²) < 4.78 is 5.20. The molecule has 1 aromatic heterocycles. The summed E-state index contributed by atoms with van der Waals surface area (Å²) in [5, 5.41) is 0. The summed E-state index contributed by atoms with van der Waals surface area (Å²) in [4.78, 5) is 29.5. The largest absolute Gasteiger partial charge is 0.497 e. The lowest BCUT2D eigenvalue weighted by molar-refractivity contribution is -0.119. The number of hydrogen-bond donors (Lipinski definition) is 1. The quantitative estimate of drug-likeness (QED) is 0.869. The van der Waals surface area contributed by atoms with E-state index >= 15 is 0 Å². The van der Waals surface area contributed by atoms with E-state index in [-0.39, 0.29) is 18.4 Å². The molecular weight excluding hydrogens is 350 g/mol. The molecule has 26 heavy (non-hydrogen) atoms. The van der Waals surface area contributed by atoms with Gasteiger partial charge in [-0.05, 0) is 36.2 Å². The highest BCUT2D eigenvalue weighted by Gasteiger charge is 2.24. The van der Waals surface area contributed by atoms with Crippen molar-refractivity contribution in [3.05, 3.63) is 40.1 Å². The number of aryl methyl sites for hydroxylation is 1. The molecule has 0 bridgehead atoms. The Hall–Kier alpha value is -2.38. The average Bonchev–Trinajstić information content (AvgIpc) is 3.03. The third kappa shape index (κ3) is 4.05. The number of methoxy groups -OCH3 is 1. The average molecular weight is 373 g/mol. The number of nitrogens with zero attached hydrogens (tertiary/aromatic N) is 2. The third-order valence-electron chi connectivity index (χ3n) is 4.57. The number of piperazine rings is 1. The molecule has 138 valence electrons. The fourth-order valence-corrected chi connectivity index (χ4v) is 4.14. The SMILES string of the molecule is COc1ccc(-c2cc(C(=O)N3CCN(CC(N)=O)CC3)sc2C)cc1. The van der Waals surface area contributed by atoms with Crippen LogP contribution < -0.4 is 10.5 Å². The maximum absolute atomic E-state index is 12.8. The summed E-state index contributed by atoms with van der Waals surface area (Å²) in [6, 6.07) is 9.83. The lowest BCUT2D eigenvalue weighted by atomic mass is 10.1. The van der Waals surface area contributed by atoms with Crippen LogP contribution in [0.15, 0.2) is 30.3 Å². The van der Waals surface area contributed by atoms with E-state index in [2.05, 4.69) is 0 Å². The Kier molecular flexibility index (Phi) is 5.58. The van der Waals surface area contributed by atoms with Crippen LogP contribution in [0.25, 0.3) is 11.1 Å². The molecule has 0 aliphatic carbocycles. The van der Waals surface area contributed by atoms with Crippen molar-refractivity contribution < 1.29 is 14.3 Å². The van der Waals surface area contributed by atoms with Crippen LogP contribution in [0.5, 0.6) is 5.75 Å². The van der Waals surface area contributed by atoms with E-state index < -0.39 is 0 Å². The van der Waals surface area contributed by atoms with Gasteiger partial charge in [0.2, 0.25) is 5.91 Å². The van der Waals surface area contributed by atoms with Crippen molar-refractivity contribution in [2.45, 2.75) is 6.92 Å². The molecule has 0 atom stereocenters. The van der Waals surface area contributed by atoms with Crippen molar-refractivity contribution in [1.82, 2.24) is 9.80 Å². The van der Waals surface area contributed by atoms with Crippen LogP contribution in [0.4, 0.5) is 0 Å². The Balaban J connectivity index is 1.70. The molecule has 1 aliphatic heterocycles. The fourth-order valence-electron chi connectivity index (χ4n) is 3.13. The van der Waals surface area contributed by atoms with Gasteiger partial charge in [0.05, 0.1) is 18.5 Å². The number of nitrogens with two attached hydrogens (primary N) is 1. The van der Waals surface area contributed by atoms with Crippen LogP contribution in [0.1, 0.15) is 14.5 Å². The van der Waals surface area contributed by atoms with Gasteiger partial charge in [-0.15, -0.1) is 11.3 Å². The minimum absolute atomic E-state index is 0.0524. The Morgan fingerprint density at radius 3 is 2.38 bits per heavy atom. The molecule has 2 aromatic rings. The van der Waals surface area contributed by atoms with Gasteiger partial charge in [0, 0.05) is 31.1 Å². The van der Waals surface area contributed by atoms with Crippen molar-refractivity contribution in [3.63, 3.8) is 0 Å². The van der Waals surface area contributed by atoms with Crippen LogP contribution >= 0.6 is 11.3 Å². The van der Waals surface area contributed by atoms with E-state index in [4.69, 9.17) is 10.5 Å². The maximum atomic E-state index is 12.8. The van der Waals surface area contributed by atoms with Crippen molar-refractivity contribution in [2.24, 2.45) is 5.73 Å². The van der Waals surface area contributed by atoms with Crippen LogP contribution in [-0.2, 0) is 4.79 Å². The third-order valence-corrected chi connectivity index (χ3v) is 5.61. The number of rotatable bonds is 5. The molecule has 0 saturated carbocycles. The summed E-state index contributed by atoms with van der Waals surface area (Å²) in [6.45, 7) is 4.85. The summed E-state index contributed by atoms with van der Waals surface area (Å²) in [5.41, 5.74) is 7.39. The van der Waals surface area contributed by atoms with Crippen molar-refractivity contribution in [1.29, 1.82) is 0 Å². The summed E-state index contributed by atoms with van der Waals surface area (Å²) >= 11 is 1.52. The number of hydrogen-bond acceptors (Lipinski definition) is 5. The minimum Gasteiger partial charge on any atom is -0.497 e. The van der Waals surface area contributed by atoms with Gasteiger partial charge in [0.1, 0.15) is 5.75 Å². The maximum Gasteiger partial charge on any atom is 0.264 e. The second-order valence-corrected chi connectivity index (χ2v) is 7.60. The number of carbonyl (C=O) groups excluding carboxylic acids is 2. The van der Waals surface area contributed by atoms with Gasteiger partial charge in [-0.25, -0.2) is 0 Å². The first-order chi connectivity index (χ1) is 12.5. The molecule has 2 amide bonds. The smallest absolute Gasteiger partial charge is 0.264 e. The molecule has 6 nitrogen and oxygen atoms in total. The standard InChI is InChI=1S/C19H23N3O3S/c1-13-16(14-3-5-15(25-2)6-4-14)11-17(26-13)19(24)22-9-7-21(8-10-22)12-18(20)23/h3-6,11H,7-10,12H2,1-2H3,(H2,20,23).